The number of methoxy groups -OCH3 is 1. The average molecular weight is 337 g/mol. The summed E-state index contributed by atoms with van der Waals surface area (Å²) in [6, 6.07) is 7.46. The van der Waals surface area contributed by atoms with Gasteiger partial charge in [0.2, 0.25) is 0 Å². The van der Waals surface area contributed by atoms with Crippen LogP contribution in [0.1, 0.15) is 19.2 Å². The Labute approximate surface area is 126 Å². The molecule has 0 bridgehead atoms. The largest absolute Gasteiger partial charge is 0.495 e. The minimum Gasteiger partial charge on any atom is -0.495 e. The van der Waals surface area contributed by atoms with E-state index in [-0.39, 0.29) is 0 Å². The van der Waals surface area contributed by atoms with Crippen molar-refractivity contribution in [2.45, 2.75) is 19.8 Å². The van der Waals surface area contributed by atoms with Gasteiger partial charge in [0.05, 0.1) is 11.6 Å². The molecule has 0 amide bonds. The van der Waals surface area contributed by atoms with Crippen LogP contribution in [0.25, 0.3) is 0 Å². The molecule has 1 aromatic carbocycles. The van der Waals surface area contributed by atoms with Crippen LogP contribution in [0.3, 0.4) is 0 Å². The first-order chi connectivity index (χ1) is 9.62. The number of aryl methyl sites for hydroxylation is 1. The number of nitrogens with two attached hydrogens (primary N) is 1. The standard InChI is InChI=1S/C14H17BrN4O/c1-3-4-13-18-12(16)8-14(19-13)17-9-5-6-10(15)11(7-9)20-2/h5-8H,3-4H2,1-2H3,(H3,16,17,18,19). The highest BCUT2D eigenvalue weighted by molar-refractivity contribution is 9.10. The van der Waals surface area contributed by atoms with Gasteiger partial charge in [0, 0.05) is 24.2 Å². The fourth-order valence-corrected chi connectivity index (χ4v) is 2.21. The molecule has 106 valence electrons. The lowest BCUT2D eigenvalue weighted by Gasteiger charge is -2.10. The lowest BCUT2D eigenvalue weighted by Crippen LogP contribution is -2.03. The van der Waals surface area contributed by atoms with Crippen molar-refractivity contribution in [2.24, 2.45) is 0 Å². The number of anilines is 3. The van der Waals surface area contributed by atoms with Crippen molar-refractivity contribution in [3.63, 3.8) is 0 Å². The highest BCUT2D eigenvalue weighted by Gasteiger charge is 2.05. The van der Waals surface area contributed by atoms with E-state index in [9.17, 15) is 0 Å². The molecule has 0 atom stereocenters. The summed E-state index contributed by atoms with van der Waals surface area (Å²) in [7, 11) is 1.63. The molecule has 20 heavy (non-hydrogen) atoms. The molecule has 0 aliphatic carbocycles. The van der Waals surface area contributed by atoms with Gasteiger partial charge in [-0.1, -0.05) is 6.92 Å². The second-order valence-electron chi connectivity index (χ2n) is 4.32. The Morgan fingerprint density at radius 2 is 2.10 bits per heavy atom. The SMILES string of the molecule is CCCc1nc(N)cc(Nc2ccc(Br)c(OC)c2)n1. The smallest absolute Gasteiger partial charge is 0.136 e. The summed E-state index contributed by atoms with van der Waals surface area (Å²) >= 11 is 3.42. The Morgan fingerprint density at radius 3 is 2.80 bits per heavy atom. The second kappa shape index (κ2) is 6.56. The van der Waals surface area contributed by atoms with Gasteiger partial charge in [0.1, 0.15) is 23.2 Å². The summed E-state index contributed by atoms with van der Waals surface area (Å²) in [5.74, 6) is 2.66. The minimum absolute atomic E-state index is 0.468. The Hall–Kier alpha value is -1.82. The number of aromatic nitrogens is 2. The van der Waals surface area contributed by atoms with E-state index in [1.807, 2.05) is 18.2 Å². The number of ether oxygens (including phenoxy) is 1. The van der Waals surface area contributed by atoms with Crippen molar-refractivity contribution in [3.8, 4) is 5.75 Å². The molecule has 1 aromatic heterocycles. The third kappa shape index (κ3) is 3.60. The Kier molecular flexibility index (Phi) is 4.79. The number of nitrogens with zero attached hydrogens (tertiary/aromatic N) is 2. The number of hydrogen-bond acceptors (Lipinski definition) is 5. The third-order valence-electron chi connectivity index (χ3n) is 2.69. The van der Waals surface area contributed by atoms with Crippen LogP contribution in [0.5, 0.6) is 5.75 Å². The Morgan fingerprint density at radius 1 is 1.30 bits per heavy atom. The molecule has 2 rings (SSSR count). The van der Waals surface area contributed by atoms with Crippen LogP contribution in [0.15, 0.2) is 28.7 Å². The minimum atomic E-state index is 0.468. The normalized spacial score (nSPS) is 10.3. The maximum absolute atomic E-state index is 5.80. The van der Waals surface area contributed by atoms with Crippen molar-refractivity contribution in [2.75, 3.05) is 18.2 Å². The zero-order valence-electron chi connectivity index (χ0n) is 11.5. The van der Waals surface area contributed by atoms with E-state index in [0.29, 0.717) is 11.6 Å². The van der Waals surface area contributed by atoms with Crippen LogP contribution in [0.2, 0.25) is 0 Å². The molecule has 2 aromatic rings. The number of nitrogen functional groups attached to an aromatic ring is 1. The fourth-order valence-electron chi connectivity index (χ4n) is 1.80. The number of benzene rings is 1. The monoisotopic (exact) mass is 336 g/mol. The maximum Gasteiger partial charge on any atom is 0.136 e. The zero-order chi connectivity index (χ0) is 14.5. The number of hydrogen-bond donors (Lipinski definition) is 2. The van der Waals surface area contributed by atoms with E-state index >= 15 is 0 Å². The molecular formula is C14H17BrN4O. The van der Waals surface area contributed by atoms with Crippen molar-refractivity contribution in [3.05, 3.63) is 34.6 Å². The van der Waals surface area contributed by atoms with E-state index in [0.717, 1.165) is 34.6 Å². The zero-order valence-corrected chi connectivity index (χ0v) is 13.1. The number of nitrogens with one attached hydrogen (secondary N) is 1. The van der Waals surface area contributed by atoms with E-state index < -0.39 is 0 Å². The first kappa shape index (κ1) is 14.6. The first-order valence-corrected chi connectivity index (χ1v) is 7.15. The quantitative estimate of drug-likeness (QED) is 0.873. The molecule has 5 nitrogen and oxygen atoms in total. The van der Waals surface area contributed by atoms with Gasteiger partial charge in [-0.15, -0.1) is 0 Å². The lowest BCUT2D eigenvalue weighted by atomic mass is 10.3. The summed E-state index contributed by atoms with van der Waals surface area (Å²) in [6.45, 7) is 2.08. The molecule has 0 aliphatic heterocycles. The highest BCUT2D eigenvalue weighted by atomic mass is 79.9. The van der Waals surface area contributed by atoms with Gasteiger partial charge in [0.25, 0.3) is 0 Å². The predicted molar refractivity (Wildman–Crippen MR) is 84.4 cm³/mol. The van der Waals surface area contributed by atoms with Gasteiger partial charge in [-0.25, -0.2) is 9.97 Å². The van der Waals surface area contributed by atoms with Crippen LogP contribution < -0.4 is 15.8 Å². The van der Waals surface area contributed by atoms with Crippen LogP contribution in [0.4, 0.5) is 17.3 Å². The molecule has 0 radical (unpaired) electrons. The van der Waals surface area contributed by atoms with E-state index in [2.05, 4.69) is 38.1 Å². The molecule has 0 saturated heterocycles. The van der Waals surface area contributed by atoms with Gasteiger partial charge in [0.15, 0.2) is 0 Å². The number of halogens is 1. The molecule has 1 heterocycles. The molecule has 0 aliphatic rings. The molecule has 0 saturated carbocycles. The summed E-state index contributed by atoms with van der Waals surface area (Å²) in [4.78, 5) is 8.65. The molecule has 3 N–H and O–H groups in total. The van der Waals surface area contributed by atoms with Gasteiger partial charge < -0.3 is 15.8 Å². The molecule has 0 spiro atoms. The van der Waals surface area contributed by atoms with E-state index in [1.165, 1.54) is 0 Å². The van der Waals surface area contributed by atoms with E-state index in [4.69, 9.17) is 10.5 Å². The van der Waals surface area contributed by atoms with Gasteiger partial charge in [-0.3, -0.25) is 0 Å². The van der Waals surface area contributed by atoms with Crippen molar-refractivity contribution < 1.29 is 4.74 Å². The fraction of sp³-hybridized carbons (Fsp3) is 0.286. The second-order valence-corrected chi connectivity index (χ2v) is 5.17. The molecular weight excluding hydrogens is 320 g/mol. The highest BCUT2D eigenvalue weighted by Crippen LogP contribution is 2.29. The summed E-state index contributed by atoms with van der Waals surface area (Å²) in [6.07, 6.45) is 1.79. The predicted octanol–water partition coefficient (Wildman–Crippen LogP) is 3.53. The van der Waals surface area contributed by atoms with E-state index in [1.54, 1.807) is 13.2 Å². The van der Waals surface area contributed by atoms with Crippen LogP contribution in [-0.4, -0.2) is 17.1 Å². The topological polar surface area (TPSA) is 73.1 Å². The van der Waals surface area contributed by atoms with Crippen LogP contribution in [-0.2, 0) is 6.42 Å². The van der Waals surface area contributed by atoms with Crippen molar-refractivity contribution in [1.29, 1.82) is 0 Å². The lowest BCUT2D eigenvalue weighted by molar-refractivity contribution is 0.412. The summed E-state index contributed by atoms with van der Waals surface area (Å²) in [5.41, 5.74) is 6.68. The average Bonchev–Trinajstić information content (AvgIpc) is 2.40. The molecule has 0 fully saturated rings. The Bertz CT molecular complexity index is 604. The van der Waals surface area contributed by atoms with Gasteiger partial charge >= 0.3 is 0 Å². The van der Waals surface area contributed by atoms with Crippen LogP contribution in [0, 0.1) is 0 Å². The molecule has 0 unspecified atom stereocenters. The van der Waals surface area contributed by atoms with Crippen molar-refractivity contribution in [1.82, 2.24) is 9.97 Å². The maximum atomic E-state index is 5.80. The third-order valence-corrected chi connectivity index (χ3v) is 3.34. The Balaban J connectivity index is 2.25. The van der Waals surface area contributed by atoms with Gasteiger partial charge in [-0.05, 0) is 34.5 Å². The molecule has 6 heteroatoms. The summed E-state index contributed by atoms with van der Waals surface area (Å²) < 4.78 is 6.17. The first-order valence-electron chi connectivity index (χ1n) is 6.36. The summed E-state index contributed by atoms with van der Waals surface area (Å²) in [5, 5.41) is 3.21. The van der Waals surface area contributed by atoms with Crippen molar-refractivity contribution >= 4 is 33.3 Å². The number of rotatable bonds is 5. The van der Waals surface area contributed by atoms with Gasteiger partial charge in [-0.2, -0.15) is 0 Å². The van der Waals surface area contributed by atoms with Crippen LogP contribution >= 0.6 is 15.9 Å².